The molecule has 210 valence electrons. The quantitative estimate of drug-likeness (QED) is 0.369. The van der Waals surface area contributed by atoms with E-state index in [2.05, 4.69) is 33.3 Å². The minimum Gasteiger partial charge on any atom is -0.492 e. The van der Waals surface area contributed by atoms with Gasteiger partial charge in [-0.25, -0.2) is 4.79 Å². The highest BCUT2D eigenvalue weighted by Crippen LogP contribution is 2.36. The maximum absolute atomic E-state index is 12.9. The molecule has 0 saturated carbocycles. The highest BCUT2D eigenvalue weighted by Gasteiger charge is 2.50. The molecule has 40 heavy (non-hydrogen) atoms. The van der Waals surface area contributed by atoms with Gasteiger partial charge in [0.25, 0.3) is 0 Å². The molecule has 2 heterocycles. The van der Waals surface area contributed by atoms with E-state index < -0.39 is 5.54 Å². The zero-order chi connectivity index (χ0) is 28.0. The van der Waals surface area contributed by atoms with Crippen molar-refractivity contribution in [3.8, 4) is 5.75 Å². The number of anilines is 1. The van der Waals surface area contributed by atoms with Crippen LogP contribution in [0.5, 0.6) is 5.75 Å². The van der Waals surface area contributed by atoms with Crippen molar-refractivity contribution in [3.05, 3.63) is 95.6 Å². The number of esters is 1. The van der Waals surface area contributed by atoms with Gasteiger partial charge in [0.05, 0.1) is 18.8 Å². The number of nitrogens with one attached hydrogen (secondary N) is 1. The van der Waals surface area contributed by atoms with E-state index >= 15 is 0 Å². The first-order chi connectivity index (χ1) is 19.4. The predicted molar refractivity (Wildman–Crippen MR) is 157 cm³/mol. The molecule has 3 aromatic carbocycles. The monoisotopic (exact) mass is 541 g/mol. The van der Waals surface area contributed by atoms with E-state index in [0.717, 1.165) is 55.0 Å². The fraction of sp³-hybridized carbons (Fsp3) is 0.394. The number of likely N-dealkylation sites (tertiary alicyclic amines) is 1. The number of hydrogen-bond donors (Lipinski definition) is 1. The third kappa shape index (κ3) is 6.31. The molecule has 1 N–H and O–H groups in total. The Morgan fingerprint density at radius 1 is 0.950 bits per heavy atom. The second kappa shape index (κ2) is 12.6. The van der Waals surface area contributed by atoms with Crippen LogP contribution in [0.1, 0.15) is 48.2 Å². The second-order valence-corrected chi connectivity index (χ2v) is 11.1. The maximum atomic E-state index is 12.9. The number of piperidine rings is 1. The minimum atomic E-state index is -0.466. The third-order valence-electron chi connectivity index (χ3n) is 7.86. The fourth-order valence-corrected chi connectivity index (χ4v) is 5.56. The summed E-state index contributed by atoms with van der Waals surface area (Å²) in [5.41, 5.74) is 3.41. The Hall–Kier alpha value is -3.84. The van der Waals surface area contributed by atoms with E-state index in [0.29, 0.717) is 37.8 Å². The Bertz CT molecular complexity index is 1280. The number of ether oxygens (including phenoxy) is 2. The van der Waals surface area contributed by atoms with E-state index in [-0.39, 0.29) is 11.9 Å². The van der Waals surface area contributed by atoms with Crippen LogP contribution in [0.3, 0.4) is 0 Å². The molecule has 1 amide bonds. The number of nitrogens with zero attached hydrogens (tertiary/aromatic N) is 2. The number of benzene rings is 3. The Balaban J connectivity index is 1.13. The highest BCUT2D eigenvalue weighted by molar-refractivity contribution is 5.93. The summed E-state index contributed by atoms with van der Waals surface area (Å²) in [6.07, 6.45) is 2.31. The van der Waals surface area contributed by atoms with Crippen LogP contribution >= 0.6 is 0 Å². The largest absolute Gasteiger partial charge is 0.492 e. The molecule has 2 saturated heterocycles. The number of hydrogen-bond acceptors (Lipinski definition) is 6. The van der Waals surface area contributed by atoms with Crippen LogP contribution in [0, 0.1) is 5.92 Å². The van der Waals surface area contributed by atoms with Crippen molar-refractivity contribution in [3.63, 3.8) is 0 Å². The topological polar surface area (TPSA) is 71.1 Å². The summed E-state index contributed by atoms with van der Waals surface area (Å²) in [6.45, 7) is 8.13. The molecule has 2 fully saturated rings. The van der Waals surface area contributed by atoms with E-state index in [1.807, 2.05) is 74.5 Å². The van der Waals surface area contributed by atoms with Crippen LogP contribution in [-0.2, 0) is 16.0 Å². The molecule has 0 atom stereocenters. The molecular formula is C33H39N3O4. The Morgan fingerprint density at radius 3 is 2.38 bits per heavy atom. The van der Waals surface area contributed by atoms with E-state index in [1.54, 1.807) is 0 Å². The standard InChI is InChI=1S/C33H39N3O4/c1-25(2)23-40-31(37)27-14-12-26(13-15-27)22-28-8-6-7-11-30(28)39-21-20-35-18-16-33(17-19-35)32(38)34-24-36(33)29-9-4-3-5-10-29/h3-15,25H,16-24H2,1-2H3,(H,34,38). The zero-order valence-corrected chi connectivity index (χ0v) is 23.5. The van der Waals surface area contributed by atoms with Crippen molar-refractivity contribution >= 4 is 17.6 Å². The smallest absolute Gasteiger partial charge is 0.338 e. The van der Waals surface area contributed by atoms with Crippen LogP contribution in [-0.4, -0.2) is 61.8 Å². The number of para-hydroxylation sites is 2. The van der Waals surface area contributed by atoms with Crippen LogP contribution in [0.15, 0.2) is 78.9 Å². The van der Waals surface area contributed by atoms with Gasteiger partial charge in [0.1, 0.15) is 17.9 Å². The van der Waals surface area contributed by atoms with Gasteiger partial charge in [0.15, 0.2) is 0 Å². The molecule has 1 spiro atoms. The molecule has 0 unspecified atom stereocenters. The lowest BCUT2D eigenvalue weighted by Gasteiger charge is -2.43. The normalized spacial score (nSPS) is 16.8. The second-order valence-electron chi connectivity index (χ2n) is 11.1. The average Bonchev–Trinajstić information content (AvgIpc) is 3.29. The van der Waals surface area contributed by atoms with Crippen molar-refractivity contribution in [2.45, 2.75) is 38.6 Å². The minimum absolute atomic E-state index is 0.140. The van der Waals surface area contributed by atoms with Gasteiger partial charge in [0.2, 0.25) is 5.91 Å². The highest BCUT2D eigenvalue weighted by atomic mass is 16.5. The van der Waals surface area contributed by atoms with Gasteiger partial charge in [-0.3, -0.25) is 9.69 Å². The van der Waals surface area contributed by atoms with Gasteiger partial charge in [-0.15, -0.1) is 0 Å². The van der Waals surface area contributed by atoms with Crippen LogP contribution in [0.25, 0.3) is 0 Å². The Morgan fingerprint density at radius 2 is 1.65 bits per heavy atom. The summed E-state index contributed by atoms with van der Waals surface area (Å²) in [7, 11) is 0. The lowest BCUT2D eigenvalue weighted by molar-refractivity contribution is -0.125. The van der Waals surface area contributed by atoms with Gasteiger partial charge in [0, 0.05) is 31.7 Å². The lowest BCUT2D eigenvalue weighted by atomic mass is 9.85. The summed E-state index contributed by atoms with van der Waals surface area (Å²) in [5, 5.41) is 3.07. The van der Waals surface area contributed by atoms with E-state index in [4.69, 9.17) is 9.47 Å². The molecule has 7 heteroatoms. The summed E-state index contributed by atoms with van der Waals surface area (Å²) < 4.78 is 11.6. The molecule has 5 rings (SSSR count). The maximum Gasteiger partial charge on any atom is 0.338 e. The first kappa shape index (κ1) is 27.7. The average molecular weight is 542 g/mol. The van der Waals surface area contributed by atoms with Crippen molar-refractivity contribution < 1.29 is 19.1 Å². The van der Waals surface area contributed by atoms with E-state index in [9.17, 15) is 9.59 Å². The predicted octanol–water partition coefficient (Wildman–Crippen LogP) is 4.90. The number of carbonyl (C=O) groups is 2. The van der Waals surface area contributed by atoms with Crippen molar-refractivity contribution in [1.29, 1.82) is 0 Å². The number of amides is 1. The Kier molecular flexibility index (Phi) is 8.70. The molecule has 3 aromatic rings. The summed E-state index contributed by atoms with van der Waals surface area (Å²) >= 11 is 0. The molecule has 0 aliphatic carbocycles. The van der Waals surface area contributed by atoms with E-state index in [1.165, 1.54) is 0 Å². The van der Waals surface area contributed by atoms with Gasteiger partial charge in [-0.2, -0.15) is 0 Å². The summed E-state index contributed by atoms with van der Waals surface area (Å²) in [5.74, 6) is 1.04. The number of carbonyl (C=O) groups excluding carboxylic acids is 2. The van der Waals surface area contributed by atoms with Crippen molar-refractivity contribution in [1.82, 2.24) is 10.2 Å². The molecule has 0 aromatic heterocycles. The van der Waals surface area contributed by atoms with Crippen LogP contribution < -0.4 is 15.0 Å². The third-order valence-corrected chi connectivity index (χ3v) is 7.86. The fourth-order valence-electron chi connectivity index (χ4n) is 5.56. The number of rotatable bonds is 10. The van der Waals surface area contributed by atoms with Gasteiger partial charge in [-0.05, 0) is 60.2 Å². The first-order valence-corrected chi connectivity index (χ1v) is 14.2. The Labute approximate surface area is 237 Å². The van der Waals surface area contributed by atoms with Gasteiger partial charge >= 0.3 is 5.97 Å². The molecule has 2 aliphatic heterocycles. The molecule has 7 nitrogen and oxygen atoms in total. The summed E-state index contributed by atoms with van der Waals surface area (Å²) in [4.78, 5) is 29.8. The van der Waals surface area contributed by atoms with Crippen LogP contribution in [0.2, 0.25) is 0 Å². The van der Waals surface area contributed by atoms with Gasteiger partial charge in [-0.1, -0.05) is 62.4 Å². The van der Waals surface area contributed by atoms with Crippen molar-refractivity contribution in [2.24, 2.45) is 5.92 Å². The van der Waals surface area contributed by atoms with Crippen molar-refractivity contribution in [2.75, 3.05) is 44.4 Å². The molecule has 0 radical (unpaired) electrons. The zero-order valence-electron chi connectivity index (χ0n) is 23.5. The first-order valence-electron chi connectivity index (χ1n) is 14.2. The SMILES string of the molecule is CC(C)COC(=O)c1ccc(Cc2ccccc2OCCN2CCC3(CC2)C(=O)NCN3c2ccccc2)cc1. The molecular weight excluding hydrogens is 502 g/mol. The molecule has 0 bridgehead atoms. The molecule has 2 aliphatic rings. The van der Waals surface area contributed by atoms with Crippen LogP contribution in [0.4, 0.5) is 5.69 Å². The lowest BCUT2D eigenvalue weighted by Crippen LogP contribution is -2.56. The summed E-state index contributed by atoms with van der Waals surface area (Å²) in [6, 6.07) is 25.9. The van der Waals surface area contributed by atoms with Gasteiger partial charge < -0.3 is 19.7 Å².